The van der Waals surface area contributed by atoms with Crippen LogP contribution in [-0.4, -0.2) is 17.2 Å². The quantitative estimate of drug-likeness (QED) is 0.175. The number of non-ortho nitro benzene ring substituents is 1. The Kier molecular flexibility index (Phi) is 7.83. The smallest absolute Gasteiger partial charge is 0.270 e. The van der Waals surface area contributed by atoms with Gasteiger partial charge in [-0.05, 0) is 50.1 Å². The second kappa shape index (κ2) is 10.8. The highest BCUT2D eigenvalue weighted by Gasteiger charge is 2.58. The standard InChI is InChI=1S/C30H40N2O3/c1-4-5-6-7-8-9-10-11-12-15-22-31-27-17-14-13-16-26(27)29(2,3)30(31)21-20-24-23-25(32(33)34)18-19-28(24)35-30/h13-14,16-21,23H,4-12,15,22H2,1-3H3/t30-/m0/s1. The number of hydrogen-bond donors (Lipinski definition) is 0. The summed E-state index contributed by atoms with van der Waals surface area (Å²) in [4.78, 5) is 13.3. The largest absolute Gasteiger partial charge is 0.463 e. The molecule has 0 unspecified atom stereocenters. The van der Waals surface area contributed by atoms with E-state index >= 15 is 0 Å². The SMILES string of the molecule is CCCCCCCCCCCCN1c2ccccc2C(C)(C)[C@@]12C=Cc1cc([N+](=O)[O-])ccc1O2. The molecule has 2 aromatic rings. The summed E-state index contributed by atoms with van der Waals surface area (Å²) < 4.78 is 6.78. The number of nitrogens with zero attached hydrogens (tertiary/aromatic N) is 2. The van der Waals surface area contributed by atoms with E-state index < -0.39 is 5.72 Å². The minimum absolute atomic E-state index is 0.0872. The van der Waals surface area contributed by atoms with Crippen molar-refractivity contribution < 1.29 is 9.66 Å². The van der Waals surface area contributed by atoms with Gasteiger partial charge < -0.3 is 9.64 Å². The number of rotatable bonds is 12. The lowest BCUT2D eigenvalue weighted by Gasteiger charge is -2.47. The number of anilines is 1. The highest BCUT2D eigenvalue weighted by atomic mass is 16.6. The van der Waals surface area contributed by atoms with Gasteiger partial charge in [0.25, 0.3) is 5.69 Å². The van der Waals surface area contributed by atoms with E-state index in [1.165, 1.54) is 75.1 Å². The lowest BCUT2D eigenvalue weighted by molar-refractivity contribution is -0.384. The summed E-state index contributed by atoms with van der Waals surface area (Å²) in [5.74, 6) is 0.701. The van der Waals surface area contributed by atoms with E-state index in [0.717, 1.165) is 18.5 Å². The summed E-state index contributed by atoms with van der Waals surface area (Å²) in [6, 6.07) is 13.5. The summed E-state index contributed by atoms with van der Waals surface area (Å²) in [6.45, 7) is 7.67. The Bertz CT molecular complexity index is 1060. The molecule has 2 aliphatic rings. The normalized spacial score (nSPS) is 19.5. The molecule has 0 fully saturated rings. The molecule has 0 amide bonds. The Morgan fingerprint density at radius 1 is 0.914 bits per heavy atom. The van der Waals surface area contributed by atoms with Crippen molar-refractivity contribution in [1.82, 2.24) is 0 Å². The van der Waals surface area contributed by atoms with Gasteiger partial charge in [-0.15, -0.1) is 0 Å². The summed E-state index contributed by atoms with van der Waals surface area (Å²) in [5.41, 5.74) is 2.42. The van der Waals surface area contributed by atoms with E-state index in [2.05, 4.69) is 56.0 Å². The number of hydrogen-bond acceptors (Lipinski definition) is 4. The first-order chi connectivity index (χ1) is 16.9. The van der Waals surface area contributed by atoms with E-state index in [4.69, 9.17) is 4.74 Å². The molecule has 0 saturated heterocycles. The van der Waals surface area contributed by atoms with Crippen LogP contribution in [0.3, 0.4) is 0 Å². The van der Waals surface area contributed by atoms with Crippen LogP contribution in [0.4, 0.5) is 11.4 Å². The second-order valence-electron chi connectivity index (χ2n) is 10.6. The lowest BCUT2D eigenvalue weighted by atomic mass is 9.76. The second-order valence-corrected chi connectivity index (χ2v) is 10.6. The van der Waals surface area contributed by atoms with Gasteiger partial charge in [-0.2, -0.15) is 0 Å². The Morgan fingerprint density at radius 3 is 2.26 bits per heavy atom. The molecule has 188 valence electrons. The number of benzene rings is 2. The van der Waals surface area contributed by atoms with Crippen LogP contribution in [0, 0.1) is 10.1 Å². The molecule has 0 N–H and O–H groups in total. The topological polar surface area (TPSA) is 55.6 Å². The minimum atomic E-state index is -0.654. The summed E-state index contributed by atoms with van der Waals surface area (Å²) in [5, 5.41) is 11.2. The molecule has 0 aromatic heterocycles. The van der Waals surface area contributed by atoms with Crippen LogP contribution in [0.25, 0.3) is 6.08 Å². The molecule has 0 saturated carbocycles. The van der Waals surface area contributed by atoms with Gasteiger partial charge >= 0.3 is 0 Å². The molecule has 0 aliphatic carbocycles. The predicted octanol–water partition coefficient (Wildman–Crippen LogP) is 8.42. The van der Waals surface area contributed by atoms with Crippen molar-refractivity contribution in [2.45, 2.75) is 96.1 Å². The van der Waals surface area contributed by atoms with E-state index in [1.807, 2.05) is 6.08 Å². The van der Waals surface area contributed by atoms with Crippen molar-refractivity contribution in [2.24, 2.45) is 0 Å². The molecule has 2 aromatic carbocycles. The van der Waals surface area contributed by atoms with Crippen LogP contribution >= 0.6 is 0 Å². The molecule has 4 rings (SSSR count). The van der Waals surface area contributed by atoms with Gasteiger partial charge in [0.2, 0.25) is 5.72 Å². The van der Waals surface area contributed by atoms with E-state index in [9.17, 15) is 10.1 Å². The third-order valence-electron chi connectivity index (χ3n) is 7.86. The number of nitro groups is 1. The zero-order valence-corrected chi connectivity index (χ0v) is 21.6. The monoisotopic (exact) mass is 476 g/mol. The van der Waals surface area contributed by atoms with E-state index in [1.54, 1.807) is 12.1 Å². The molecule has 0 bridgehead atoms. The third-order valence-corrected chi connectivity index (χ3v) is 7.86. The van der Waals surface area contributed by atoms with Crippen LogP contribution in [0.5, 0.6) is 5.75 Å². The van der Waals surface area contributed by atoms with Crippen LogP contribution in [0.15, 0.2) is 48.5 Å². The molecule has 35 heavy (non-hydrogen) atoms. The first kappa shape index (κ1) is 25.3. The molecule has 2 aliphatic heterocycles. The van der Waals surface area contributed by atoms with Crippen molar-refractivity contribution in [1.29, 1.82) is 0 Å². The lowest BCUT2D eigenvalue weighted by Crippen LogP contribution is -2.59. The van der Waals surface area contributed by atoms with Gasteiger partial charge in [0.1, 0.15) is 5.75 Å². The number of fused-ring (bicyclic) bond motifs is 2. The fourth-order valence-electron chi connectivity index (χ4n) is 5.75. The van der Waals surface area contributed by atoms with Gasteiger partial charge in [-0.1, -0.05) is 82.9 Å². The Hall–Kier alpha value is -2.82. The summed E-state index contributed by atoms with van der Waals surface area (Å²) in [7, 11) is 0. The van der Waals surface area contributed by atoms with Crippen molar-refractivity contribution in [3.8, 4) is 5.75 Å². The zero-order valence-electron chi connectivity index (χ0n) is 21.6. The fraction of sp³-hybridized carbons (Fsp3) is 0.533. The average Bonchev–Trinajstić information content (AvgIpc) is 3.03. The first-order valence-electron chi connectivity index (χ1n) is 13.4. The maximum atomic E-state index is 11.2. The van der Waals surface area contributed by atoms with Crippen molar-refractivity contribution in [3.05, 3.63) is 69.8 Å². The zero-order chi connectivity index (χ0) is 24.9. The Morgan fingerprint density at radius 2 is 1.57 bits per heavy atom. The van der Waals surface area contributed by atoms with Gasteiger partial charge in [0, 0.05) is 29.9 Å². The van der Waals surface area contributed by atoms with E-state index in [0.29, 0.717) is 5.75 Å². The Balaban J connectivity index is 1.46. The molecular formula is C30H40N2O3. The summed E-state index contributed by atoms with van der Waals surface area (Å²) in [6.07, 6.45) is 17.2. The van der Waals surface area contributed by atoms with Crippen molar-refractivity contribution in [3.63, 3.8) is 0 Å². The van der Waals surface area contributed by atoms with E-state index in [-0.39, 0.29) is 16.0 Å². The average molecular weight is 477 g/mol. The third kappa shape index (κ3) is 4.96. The van der Waals surface area contributed by atoms with Gasteiger partial charge in [-0.3, -0.25) is 10.1 Å². The minimum Gasteiger partial charge on any atom is -0.463 e. The molecule has 5 heteroatoms. The van der Waals surface area contributed by atoms with Gasteiger partial charge in [0.05, 0.1) is 10.3 Å². The van der Waals surface area contributed by atoms with Crippen LogP contribution < -0.4 is 9.64 Å². The van der Waals surface area contributed by atoms with Crippen molar-refractivity contribution in [2.75, 3.05) is 11.4 Å². The number of para-hydroxylation sites is 1. The molecule has 5 nitrogen and oxygen atoms in total. The van der Waals surface area contributed by atoms with Gasteiger partial charge in [0.15, 0.2) is 0 Å². The number of unbranched alkanes of at least 4 members (excludes halogenated alkanes) is 9. The molecular weight excluding hydrogens is 436 g/mol. The fourth-order valence-corrected chi connectivity index (χ4v) is 5.75. The highest BCUT2D eigenvalue weighted by molar-refractivity contribution is 5.73. The summed E-state index contributed by atoms with van der Waals surface area (Å²) >= 11 is 0. The first-order valence-corrected chi connectivity index (χ1v) is 13.4. The number of nitro benzene ring substituents is 1. The number of ether oxygens (including phenoxy) is 1. The maximum absolute atomic E-state index is 11.2. The van der Waals surface area contributed by atoms with Crippen LogP contribution in [0.1, 0.15) is 96.1 Å². The highest BCUT2D eigenvalue weighted by Crippen LogP contribution is 2.55. The Labute approximate surface area is 210 Å². The van der Waals surface area contributed by atoms with Gasteiger partial charge in [-0.25, -0.2) is 0 Å². The maximum Gasteiger partial charge on any atom is 0.270 e. The molecule has 0 radical (unpaired) electrons. The van der Waals surface area contributed by atoms with Crippen molar-refractivity contribution >= 4 is 17.5 Å². The molecule has 2 heterocycles. The molecule has 1 atom stereocenters. The molecule has 1 spiro atoms. The predicted molar refractivity (Wildman–Crippen MR) is 144 cm³/mol. The van der Waals surface area contributed by atoms with Crippen LogP contribution in [0.2, 0.25) is 0 Å². The van der Waals surface area contributed by atoms with Crippen LogP contribution in [-0.2, 0) is 5.41 Å².